The molecule has 0 saturated heterocycles. The third-order valence-electron chi connectivity index (χ3n) is 4.56. The first kappa shape index (κ1) is 20.4. The van der Waals surface area contributed by atoms with Crippen LogP contribution in [0.3, 0.4) is 0 Å². The third-order valence-corrected chi connectivity index (χ3v) is 4.56. The van der Waals surface area contributed by atoms with Crippen molar-refractivity contribution in [1.29, 1.82) is 0 Å². The van der Waals surface area contributed by atoms with Crippen LogP contribution in [0.1, 0.15) is 13.3 Å². The number of nitrogens with one attached hydrogen (secondary N) is 1. The lowest BCUT2D eigenvalue weighted by Crippen LogP contribution is -2.35. The number of amides is 1. The van der Waals surface area contributed by atoms with Crippen molar-refractivity contribution in [2.45, 2.75) is 25.7 Å². The highest BCUT2D eigenvalue weighted by Gasteiger charge is 2.31. The van der Waals surface area contributed by atoms with E-state index in [1.807, 2.05) is 6.07 Å². The summed E-state index contributed by atoms with van der Waals surface area (Å²) in [5, 5.41) is 8.06. The van der Waals surface area contributed by atoms with Crippen LogP contribution in [0.2, 0.25) is 0 Å². The molecule has 3 N–H and O–H groups in total. The number of hydrogen-bond acceptors (Lipinski definition) is 6. The van der Waals surface area contributed by atoms with Gasteiger partial charge in [0.2, 0.25) is 11.9 Å². The van der Waals surface area contributed by atoms with E-state index < -0.39 is 18.3 Å². The number of anilines is 1. The second-order valence-corrected chi connectivity index (χ2v) is 6.71. The number of ether oxygens (including phenoxy) is 1. The lowest BCUT2D eigenvalue weighted by atomic mass is 10.2. The average Bonchev–Trinajstić information content (AvgIpc) is 3.16. The molecule has 8 nitrogen and oxygen atoms in total. The molecule has 0 unspecified atom stereocenters. The zero-order valence-corrected chi connectivity index (χ0v) is 16.2. The maximum Gasteiger partial charge on any atom is 0.573 e. The van der Waals surface area contributed by atoms with Crippen LogP contribution < -0.4 is 15.8 Å². The molecule has 2 aromatic carbocycles. The number of alkyl halides is 3. The standard InChI is InChI=1S/C20H17F3N6O2/c1-2-14(16(24)30)25-19-26-15-9-4-3-8-13(15)18-27-17(28-29(18)19)11-6-5-7-12(10-11)31-20(21,22)23/h3-10,14H,2H2,1H3,(H2,24,30)(H,25,26)/t14-/m0/s1. The number of nitrogens with two attached hydrogens (primary N) is 1. The van der Waals surface area contributed by atoms with E-state index in [2.05, 4.69) is 25.1 Å². The highest BCUT2D eigenvalue weighted by Crippen LogP contribution is 2.28. The van der Waals surface area contributed by atoms with Gasteiger partial charge in [0.25, 0.3) is 0 Å². The fraction of sp³-hybridized carbons (Fsp3) is 0.200. The van der Waals surface area contributed by atoms with Crippen molar-refractivity contribution < 1.29 is 22.7 Å². The summed E-state index contributed by atoms with van der Waals surface area (Å²) in [4.78, 5) is 20.7. The van der Waals surface area contributed by atoms with Crippen LogP contribution in [0.15, 0.2) is 48.5 Å². The molecule has 2 heterocycles. The maximum absolute atomic E-state index is 12.6. The molecule has 0 spiro atoms. The van der Waals surface area contributed by atoms with Crippen LogP contribution in [0.5, 0.6) is 5.75 Å². The normalized spacial score (nSPS) is 12.8. The van der Waals surface area contributed by atoms with Crippen molar-refractivity contribution in [3.63, 3.8) is 0 Å². The molecule has 0 aliphatic heterocycles. The fourth-order valence-corrected chi connectivity index (χ4v) is 3.13. The molecule has 0 saturated carbocycles. The van der Waals surface area contributed by atoms with Crippen molar-refractivity contribution in [3.05, 3.63) is 48.5 Å². The molecule has 1 atom stereocenters. The van der Waals surface area contributed by atoms with Crippen molar-refractivity contribution in [1.82, 2.24) is 19.6 Å². The van der Waals surface area contributed by atoms with E-state index in [1.165, 1.54) is 22.7 Å². The third kappa shape index (κ3) is 4.20. The Morgan fingerprint density at radius 2 is 1.97 bits per heavy atom. The highest BCUT2D eigenvalue weighted by molar-refractivity contribution is 5.93. The minimum atomic E-state index is -4.81. The minimum Gasteiger partial charge on any atom is -0.406 e. The van der Waals surface area contributed by atoms with Gasteiger partial charge in [-0.15, -0.1) is 18.3 Å². The highest BCUT2D eigenvalue weighted by atomic mass is 19.4. The van der Waals surface area contributed by atoms with Crippen LogP contribution in [-0.4, -0.2) is 37.9 Å². The summed E-state index contributed by atoms with van der Waals surface area (Å²) < 4.78 is 43.1. The molecule has 0 aliphatic rings. The predicted octanol–water partition coefficient (Wildman–Crippen LogP) is 3.52. The molecule has 4 rings (SSSR count). The Balaban J connectivity index is 1.86. The van der Waals surface area contributed by atoms with Crippen molar-refractivity contribution >= 4 is 28.4 Å². The van der Waals surface area contributed by atoms with Gasteiger partial charge in [-0.05, 0) is 30.7 Å². The Hall–Kier alpha value is -3.89. The van der Waals surface area contributed by atoms with E-state index in [9.17, 15) is 18.0 Å². The van der Waals surface area contributed by atoms with E-state index in [0.717, 1.165) is 0 Å². The number of primary amides is 1. The molecular weight excluding hydrogens is 413 g/mol. The van der Waals surface area contributed by atoms with Gasteiger partial charge >= 0.3 is 6.36 Å². The number of rotatable bonds is 6. The zero-order valence-electron chi connectivity index (χ0n) is 16.2. The Morgan fingerprint density at radius 1 is 1.19 bits per heavy atom. The van der Waals surface area contributed by atoms with Gasteiger partial charge in [-0.1, -0.05) is 31.2 Å². The Labute approximate surface area is 173 Å². The topological polar surface area (TPSA) is 107 Å². The molecule has 0 bridgehead atoms. The Morgan fingerprint density at radius 3 is 2.68 bits per heavy atom. The van der Waals surface area contributed by atoms with Gasteiger partial charge in [0.1, 0.15) is 11.8 Å². The number of para-hydroxylation sites is 1. The molecule has 0 radical (unpaired) electrons. The summed E-state index contributed by atoms with van der Waals surface area (Å²) in [7, 11) is 0. The van der Waals surface area contributed by atoms with Crippen molar-refractivity contribution in [2.24, 2.45) is 5.73 Å². The van der Waals surface area contributed by atoms with Gasteiger partial charge in [0, 0.05) is 10.9 Å². The molecule has 2 aromatic heterocycles. The van der Waals surface area contributed by atoms with E-state index in [-0.39, 0.29) is 17.5 Å². The van der Waals surface area contributed by atoms with Crippen molar-refractivity contribution in [2.75, 3.05) is 5.32 Å². The summed E-state index contributed by atoms with van der Waals surface area (Å²) in [6, 6.07) is 11.9. The maximum atomic E-state index is 12.6. The Bertz CT molecular complexity index is 1270. The van der Waals surface area contributed by atoms with Gasteiger partial charge in [0.05, 0.1) is 5.52 Å². The number of carbonyl (C=O) groups is 1. The average molecular weight is 430 g/mol. The summed E-state index contributed by atoms with van der Waals surface area (Å²) in [5.41, 5.74) is 6.78. The quantitative estimate of drug-likeness (QED) is 0.485. The van der Waals surface area contributed by atoms with E-state index in [0.29, 0.717) is 28.5 Å². The van der Waals surface area contributed by atoms with Crippen LogP contribution >= 0.6 is 0 Å². The lowest BCUT2D eigenvalue weighted by Gasteiger charge is -2.15. The number of halogens is 3. The van der Waals surface area contributed by atoms with Crippen LogP contribution in [0.25, 0.3) is 27.9 Å². The predicted molar refractivity (Wildman–Crippen MR) is 107 cm³/mol. The summed E-state index contributed by atoms with van der Waals surface area (Å²) in [5.74, 6) is -0.533. The number of hydrogen-bond donors (Lipinski definition) is 2. The van der Waals surface area contributed by atoms with Gasteiger partial charge < -0.3 is 15.8 Å². The van der Waals surface area contributed by atoms with Gasteiger partial charge in [-0.25, -0.2) is 9.97 Å². The largest absolute Gasteiger partial charge is 0.573 e. The number of carbonyl (C=O) groups excluding carboxylic acids is 1. The van der Waals surface area contributed by atoms with E-state index in [4.69, 9.17) is 5.73 Å². The molecule has 0 fully saturated rings. The number of aromatic nitrogens is 4. The second-order valence-electron chi connectivity index (χ2n) is 6.71. The summed E-state index contributed by atoms with van der Waals surface area (Å²) in [6.07, 6.45) is -4.39. The first-order valence-electron chi connectivity index (χ1n) is 9.32. The molecule has 160 valence electrons. The minimum absolute atomic E-state index is 0.168. The van der Waals surface area contributed by atoms with Crippen LogP contribution in [0, 0.1) is 0 Å². The summed E-state index contributed by atoms with van der Waals surface area (Å²) >= 11 is 0. The molecule has 31 heavy (non-hydrogen) atoms. The second kappa shape index (κ2) is 7.74. The molecule has 1 amide bonds. The van der Waals surface area contributed by atoms with E-state index >= 15 is 0 Å². The van der Waals surface area contributed by atoms with Crippen LogP contribution in [0.4, 0.5) is 19.1 Å². The van der Waals surface area contributed by atoms with Gasteiger partial charge in [0.15, 0.2) is 11.5 Å². The molecule has 0 aliphatic carbocycles. The molecule has 11 heteroatoms. The number of nitrogens with zero attached hydrogens (tertiary/aromatic N) is 4. The molecular formula is C20H17F3N6O2. The van der Waals surface area contributed by atoms with Crippen LogP contribution in [-0.2, 0) is 4.79 Å². The fourth-order valence-electron chi connectivity index (χ4n) is 3.13. The van der Waals surface area contributed by atoms with Gasteiger partial charge in [-0.3, -0.25) is 4.79 Å². The number of fused-ring (bicyclic) bond motifs is 3. The molecule has 4 aromatic rings. The lowest BCUT2D eigenvalue weighted by molar-refractivity contribution is -0.274. The first-order chi connectivity index (χ1) is 14.7. The smallest absolute Gasteiger partial charge is 0.406 e. The Kier molecular flexibility index (Phi) is 5.09. The first-order valence-corrected chi connectivity index (χ1v) is 9.32. The van der Waals surface area contributed by atoms with Crippen molar-refractivity contribution in [3.8, 4) is 17.1 Å². The number of benzene rings is 2. The zero-order chi connectivity index (χ0) is 22.2. The van der Waals surface area contributed by atoms with Gasteiger partial charge in [-0.2, -0.15) is 4.52 Å². The summed E-state index contributed by atoms with van der Waals surface area (Å²) in [6.45, 7) is 1.79. The monoisotopic (exact) mass is 430 g/mol. The van der Waals surface area contributed by atoms with E-state index in [1.54, 1.807) is 31.2 Å². The SMILES string of the molecule is CC[C@H](Nc1nc2ccccc2c2nc(-c3cccc(OC(F)(F)F)c3)nn12)C(N)=O.